The van der Waals surface area contributed by atoms with Gasteiger partial charge in [0.25, 0.3) is 5.56 Å². The number of benzene rings is 2. The average molecular weight is 402 g/mol. The summed E-state index contributed by atoms with van der Waals surface area (Å²) in [5, 5.41) is 4.56. The van der Waals surface area contributed by atoms with Gasteiger partial charge in [-0.05, 0) is 76.9 Å². The van der Waals surface area contributed by atoms with Crippen LogP contribution >= 0.6 is 0 Å². The highest BCUT2D eigenvalue weighted by Crippen LogP contribution is 2.52. The monoisotopic (exact) mass is 402 g/mol. The number of carbonyl (C=O) groups excluding carboxylic acids is 1. The minimum atomic E-state index is -0.262. The molecule has 2 atom stereocenters. The van der Waals surface area contributed by atoms with Crippen LogP contribution in [-0.2, 0) is 5.41 Å². The average Bonchev–Trinajstić information content (AvgIpc) is 3.08. The molecule has 1 aromatic heterocycles. The first-order valence-corrected chi connectivity index (χ1v) is 10.5. The van der Waals surface area contributed by atoms with Crippen LogP contribution in [0.5, 0.6) is 0 Å². The predicted octanol–water partition coefficient (Wildman–Crippen LogP) is 4.45. The Labute approximate surface area is 175 Å². The van der Waals surface area contributed by atoms with Crippen molar-refractivity contribution in [1.82, 2.24) is 15.7 Å². The van der Waals surface area contributed by atoms with Crippen molar-refractivity contribution in [3.63, 3.8) is 0 Å². The Morgan fingerprint density at radius 1 is 1.17 bits per heavy atom. The van der Waals surface area contributed by atoms with E-state index in [0.717, 1.165) is 17.5 Å². The van der Waals surface area contributed by atoms with Crippen molar-refractivity contribution in [1.29, 1.82) is 0 Å². The summed E-state index contributed by atoms with van der Waals surface area (Å²) in [4.78, 5) is 27.1. The largest absolute Gasteiger partial charge is 0.333 e. The van der Waals surface area contributed by atoms with E-state index >= 15 is 0 Å². The summed E-state index contributed by atoms with van der Waals surface area (Å²) in [6, 6.07) is 13.5. The third-order valence-electron chi connectivity index (χ3n) is 6.69. The first-order chi connectivity index (χ1) is 14.4. The van der Waals surface area contributed by atoms with Crippen molar-refractivity contribution in [2.24, 2.45) is 0 Å². The molecule has 2 aliphatic rings. The Morgan fingerprint density at radius 2 is 2.03 bits per heavy atom. The highest BCUT2D eigenvalue weighted by atomic mass is 16.2. The number of rotatable bonds is 3. The maximum atomic E-state index is 12.6. The molecule has 30 heavy (non-hydrogen) atoms. The summed E-state index contributed by atoms with van der Waals surface area (Å²) in [5.41, 5.74) is 10.6. The fraction of sp³-hybridized carbons (Fsp3) is 0.333. The van der Waals surface area contributed by atoms with E-state index in [-0.39, 0.29) is 23.0 Å². The van der Waals surface area contributed by atoms with E-state index in [2.05, 4.69) is 53.2 Å². The molecular formula is C24H26N4O2. The van der Waals surface area contributed by atoms with E-state index in [1.807, 2.05) is 12.1 Å². The second kappa shape index (κ2) is 6.90. The second-order valence-electron chi connectivity index (χ2n) is 9.05. The number of H-pyrrole nitrogens is 1. The number of urea groups is 1. The van der Waals surface area contributed by atoms with Crippen LogP contribution in [0, 0.1) is 0 Å². The highest BCUT2D eigenvalue weighted by molar-refractivity contribution is 5.85. The standard InChI is InChI=1S/C24H26N4O2/c1-24(2)10-8-15-13-20(18-4-3-5-19(24)21(15)18)26-23(30)28-27-16-6-7-17-14(12-16)9-11-25-22(17)29/h3-7,9,11-12,15,20,27H,8,10,13H2,1-2H3,(H,25,29)(H2,26,28,30). The quantitative estimate of drug-likeness (QED) is 0.488. The zero-order valence-electron chi connectivity index (χ0n) is 17.2. The number of hydrazine groups is 1. The van der Waals surface area contributed by atoms with Crippen molar-refractivity contribution in [3.05, 3.63) is 75.7 Å². The predicted molar refractivity (Wildman–Crippen MR) is 119 cm³/mol. The molecule has 0 spiro atoms. The maximum absolute atomic E-state index is 12.6. The van der Waals surface area contributed by atoms with Gasteiger partial charge < -0.3 is 10.3 Å². The van der Waals surface area contributed by atoms with Gasteiger partial charge in [0.15, 0.2) is 0 Å². The Hall–Kier alpha value is -3.28. The van der Waals surface area contributed by atoms with Crippen molar-refractivity contribution in [2.45, 2.75) is 50.5 Å². The number of hydrogen-bond acceptors (Lipinski definition) is 3. The van der Waals surface area contributed by atoms with E-state index in [1.165, 1.54) is 29.5 Å². The van der Waals surface area contributed by atoms with E-state index in [4.69, 9.17) is 0 Å². The maximum Gasteiger partial charge on any atom is 0.333 e. The fourth-order valence-electron chi connectivity index (χ4n) is 5.12. The van der Waals surface area contributed by atoms with Crippen LogP contribution in [0.4, 0.5) is 10.5 Å². The molecule has 0 radical (unpaired) electrons. The minimum absolute atomic E-state index is 0.0239. The molecule has 2 aliphatic carbocycles. The molecule has 0 aliphatic heterocycles. The van der Waals surface area contributed by atoms with Crippen LogP contribution in [0.2, 0.25) is 0 Å². The zero-order chi connectivity index (χ0) is 20.9. The van der Waals surface area contributed by atoms with Crippen molar-refractivity contribution >= 4 is 22.5 Å². The molecule has 6 heteroatoms. The highest BCUT2D eigenvalue weighted by Gasteiger charge is 2.40. The Bertz CT molecular complexity index is 1200. The van der Waals surface area contributed by atoms with Crippen LogP contribution < -0.4 is 21.7 Å². The molecule has 1 heterocycles. The van der Waals surface area contributed by atoms with Crippen molar-refractivity contribution < 1.29 is 4.79 Å². The van der Waals surface area contributed by atoms with Gasteiger partial charge in [-0.1, -0.05) is 32.0 Å². The molecule has 2 unspecified atom stereocenters. The van der Waals surface area contributed by atoms with Gasteiger partial charge in [-0.3, -0.25) is 15.6 Å². The van der Waals surface area contributed by atoms with Gasteiger partial charge in [0.1, 0.15) is 0 Å². The SMILES string of the molecule is CC1(C)CCC2CC(NC(=O)NNc3ccc4c(=O)[nH]ccc4c3)c3cccc1c32. The van der Waals surface area contributed by atoms with Gasteiger partial charge in [0.2, 0.25) is 0 Å². The lowest BCUT2D eigenvalue weighted by Crippen LogP contribution is -2.40. The first-order valence-electron chi connectivity index (χ1n) is 10.5. The summed E-state index contributed by atoms with van der Waals surface area (Å²) >= 11 is 0. The van der Waals surface area contributed by atoms with Crippen molar-refractivity contribution in [2.75, 3.05) is 5.43 Å². The number of amides is 2. The molecule has 2 amide bonds. The summed E-state index contributed by atoms with van der Waals surface area (Å²) in [5.74, 6) is 0.529. The molecule has 0 fully saturated rings. The lowest BCUT2D eigenvalue weighted by Gasteiger charge is -2.35. The lowest BCUT2D eigenvalue weighted by atomic mass is 9.69. The third kappa shape index (κ3) is 3.12. The molecule has 0 saturated carbocycles. The third-order valence-corrected chi connectivity index (χ3v) is 6.69. The van der Waals surface area contributed by atoms with E-state index in [9.17, 15) is 9.59 Å². The van der Waals surface area contributed by atoms with Gasteiger partial charge in [-0.25, -0.2) is 4.79 Å². The molecule has 4 N–H and O–H groups in total. The van der Waals surface area contributed by atoms with Gasteiger partial charge in [0.05, 0.1) is 11.7 Å². The van der Waals surface area contributed by atoms with Crippen LogP contribution in [0.3, 0.4) is 0 Å². The van der Waals surface area contributed by atoms with Crippen LogP contribution in [-0.4, -0.2) is 11.0 Å². The number of nitrogens with one attached hydrogen (secondary N) is 4. The van der Waals surface area contributed by atoms with E-state index in [1.54, 1.807) is 18.3 Å². The number of aromatic nitrogens is 1. The Kier molecular flexibility index (Phi) is 4.31. The number of pyridine rings is 1. The van der Waals surface area contributed by atoms with Gasteiger partial charge >= 0.3 is 6.03 Å². The van der Waals surface area contributed by atoms with Crippen LogP contribution in [0.25, 0.3) is 10.8 Å². The summed E-state index contributed by atoms with van der Waals surface area (Å²) in [6.45, 7) is 4.63. The van der Waals surface area contributed by atoms with Crippen LogP contribution in [0.1, 0.15) is 61.8 Å². The van der Waals surface area contributed by atoms with Crippen molar-refractivity contribution in [3.8, 4) is 0 Å². The van der Waals surface area contributed by atoms with E-state index < -0.39 is 0 Å². The lowest BCUT2D eigenvalue weighted by molar-refractivity contribution is 0.238. The molecule has 0 saturated heterocycles. The minimum Gasteiger partial charge on any atom is -0.330 e. The second-order valence-corrected chi connectivity index (χ2v) is 9.05. The number of fused-ring (bicyclic) bond motifs is 1. The number of aromatic amines is 1. The van der Waals surface area contributed by atoms with Gasteiger partial charge in [-0.2, -0.15) is 0 Å². The first kappa shape index (κ1) is 18.7. The summed E-state index contributed by atoms with van der Waals surface area (Å²) in [6.07, 6.45) is 4.92. The summed E-state index contributed by atoms with van der Waals surface area (Å²) in [7, 11) is 0. The molecule has 5 rings (SSSR count). The fourth-order valence-corrected chi connectivity index (χ4v) is 5.12. The van der Waals surface area contributed by atoms with Gasteiger partial charge in [-0.15, -0.1) is 0 Å². The van der Waals surface area contributed by atoms with Crippen LogP contribution in [0.15, 0.2) is 53.5 Å². The topological polar surface area (TPSA) is 86.0 Å². The number of hydrogen-bond donors (Lipinski definition) is 4. The normalized spacial score (nSPS) is 21.1. The molecule has 0 bridgehead atoms. The Morgan fingerprint density at radius 3 is 2.90 bits per heavy atom. The molecule has 154 valence electrons. The van der Waals surface area contributed by atoms with Gasteiger partial charge in [0, 0.05) is 11.6 Å². The van der Waals surface area contributed by atoms with E-state index in [0.29, 0.717) is 11.3 Å². The number of carbonyl (C=O) groups is 1. The molecule has 3 aromatic rings. The molecule has 2 aromatic carbocycles. The molecular weight excluding hydrogens is 376 g/mol. The zero-order valence-corrected chi connectivity index (χ0v) is 17.2. The number of anilines is 1. The Balaban J connectivity index is 1.29. The smallest absolute Gasteiger partial charge is 0.330 e. The summed E-state index contributed by atoms with van der Waals surface area (Å²) < 4.78 is 0. The molecule has 6 nitrogen and oxygen atoms in total.